The fraction of sp³-hybridized carbons (Fsp3) is 0.333. The summed E-state index contributed by atoms with van der Waals surface area (Å²) in [5.74, 6) is -1.62. The lowest BCUT2D eigenvalue weighted by Gasteiger charge is -2.15. The minimum Gasteiger partial charge on any atom is -0.404 e. The summed E-state index contributed by atoms with van der Waals surface area (Å²) in [7, 11) is 0. The molecule has 0 N–H and O–H groups in total. The molecule has 0 aromatic carbocycles. The summed E-state index contributed by atoms with van der Waals surface area (Å²) in [6.07, 6.45) is -7.72. The Morgan fingerprint density at radius 1 is 1.44 bits per heavy atom. The molecule has 0 aliphatic rings. The first kappa shape index (κ1) is 14.6. The van der Waals surface area contributed by atoms with Crippen LogP contribution in [0.2, 0.25) is 0 Å². The van der Waals surface area contributed by atoms with Gasteiger partial charge in [0.2, 0.25) is 0 Å². The van der Waals surface area contributed by atoms with Crippen molar-refractivity contribution in [3.8, 4) is 5.75 Å². The summed E-state index contributed by atoms with van der Waals surface area (Å²) in [5, 5.41) is 0. The van der Waals surface area contributed by atoms with E-state index in [4.69, 9.17) is 11.6 Å². The molecule has 1 aromatic heterocycles. The Morgan fingerprint density at radius 3 is 2.44 bits per heavy atom. The molecule has 1 rings (SSSR count). The second kappa shape index (κ2) is 5.47. The van der Waals surface area contributed by atoms with Crippen LogP contribution in [0, 0.1) is 0 Å². The Bertz CT molecular complexity index is 449. The molecular formula is C9H5ClF5NO2. The van der Waals surface area contributed by atoms with E-state index in [9.17, 15) is 26.7 Å². The van der Waals surface area contributed by atoms with Crippen molar-refractivity contribution in [2.75, 3.05) is 0 Å². The summed E-state index contributed by atoms with van der Waals surface area (Å²) >= 11 is 5.31. The van der Waals surface area contributed by atoms with Crippen molar-refractivity contribution in [2.45, 2.75) is 18.7 Å². The van der Waals surface area contributed by atoms with Gasteiger partial charge in [0.25, 0.3) is 6.43 Å². The van der Waals surface area contributed by atoms with Crippen LogP contribution in [0.5, 0.6) is 5.75 Å². The third-order valence-corrected chi connectivity index (χ3v) is 2.18. The van der Waals surface area contributed by atoms with Gasteiger partial charge in [0.1, 0.15) is 5.69 Å². The largest absolute Gasteiger partial charge is 0.573 e. The molecule has 0 atom stereocenters. The third kappa shape index (κ3) is 3.28. The molecule has 0 fully saturated rings. The highest BCUT2D eigenvalue weighted by Gasteiger charge is 2.34. The fourth-order valence-electron chi connectivity index (χ4n) is 1.25. The third-order valence-electron chi connectivity index (χ3n) is 1.91. The highest BCUT2D eigenvalue weighted by molar-refractivity contribution is 6.17. The Kier molecular flexibility index (Phi) is 4.44. The molecule has 9 heteroatoms. The van der Waals surface area contributed by atoms with E-state index in [2.05, 4.69) is 9.72 Å². The summed E-state index contributed by atoms with van der Waals surface area (Å²) in [6.45, 7) is 0. The van der Waals surface area contributed by atoms with Crippen molar-refractivity contribution in [3.63, 3.8) is 0 Å². The number of aldehydes is 1. The summed E-state index contributed by atoms with van der Waals surface area (Å²) in [6, 6.07) is 0. The molecule has 0 saturated carbocycles. The average Bonchev–Trinajstić information content (AvgIpc) is 2.26. The molecule has 0 spiro atoms. The standard InChI is InChI=1S/C9H5ClF5NO2/c10-1-4-6(18-9(13,14)15)2-16-5(3-17)7(4)8(11)12/h2-3,8H,1H2. The van der Waals surface area contributed by atoms with Crippen LogP contribution < -0.4 is 4.74 Å². The average molecular weight is 290 g/mol. The minimum absolute atomic E-state index is 0.00884. The maximum Gasteiger partial charge on any atom is 0.573 e. The van der Waals surface area contributed by atoms with Crippen molar-refractivity contribution < 1.29 is 31.5 Å². The predicted molar refractivity (Wildman–Crippen MR) is 50.8 cm³/mol. The lowest BCUT2D eigenvalue weighted by molar-refractivity contribution is -0.275. The lowest BCUT2D eigenvalue weighted by atomic mass is 10.1. The highest BCUT2D eigenvalue weighted by atomic mass is 35.5. The van der Waals surface area contributed by atoms with E-state index in [0.29, 0.717) is 6.20 Å². The second-order valence-electron chi connectivity index (χ2n) is 3.00. The fourth-order valence-corrected chi connectivity index (χ4v) is 1.53. The van der Waals surface area contributed by atoms with Gasteiger partial charge < -0.3 is 4.74 Å². The number of hydrogen-bond donors (Lipinski definition) is 0. The van der Waals surface area contributed by atoms with Gasteiger partial charge in [-0.15, -0.1) is 24.8 Å². The first-order chi connectivity index (χ1) is 8.30. The van der Waals surface area contributed by atoms with E-state index in [-0.39, 0.29) is 6.29 Å². The number of carbonyl (C=O) groups excluding carboxylic acids is 1. The maximum absolute atomic E-state index is 12.7. The molecule has 0 bridgehead atoms. The second-order valence-corrected chi connectivity index (χ2v) is 3.27. The summed E-state index contributed by atoms with van der Waals surface area (Å²) in [4.78, 5) is 13.7. The van der Waals surface area contributed by atoms with Gasteiger partial charge >= 0.3 is 6.36 Å². The van der Waals surface area contributed by atoms with Gasteiger partial charge in [-0.2, -0.15) is 0 Å². The van der Waals surface area contributed by atoms with Crippen LogP contribution in [-0.4, -0.2) is 17.6 Å². The molecule has 18 heavy (non-hydrogen) atoms. The van der Waals surface area contributed by atoms with E-state index in [1.165, 1.54) is 0 Å². The van der Waals surface area contributed by atoms with Crippen LogP contribution in [0.4, 0.5) is 22.0 Å². The van der Waals surface area contributed by atoms with Crippen molar-refractivity contribution >= 4 is 17.9 Å². The molecule has 0 saturated heterocycles. The monoisotopic (exact) mass is 289 g/mol. The van der Waals surface area contributed by atoms with E-state index >= 15 is 0 Å². The first-order valence-corrected chi connectivity index (χ1v) is 4.90. The van der Waals surface area contributed by atoms with Gasteiger partial charge in [-0.1, -0.05) is 0 Å². The zero-order valence-electron chi connectivity index (χ0n) is 8.47. The molecule has 0 amide bonds. The van der Waals surface area contributed by atoms with Crippen molar-refractivity contribution in [1.82, 2.24) is 4.98 Å². The van der Waals surface area contributed by atoms with Crippen molar-refractivity contribution in [3.05, 3.63) is 23.0 Å². The zero-order valence-corrected chi connectivity index (χ0v) is 9.23. The molecule has 0 unspecified atom stereocenters. The normalized spacial score (nSPS) is 11.7. The zero-order chi connectivity index (χ0) is 13.9. The lowest BCUT2D eigenvalue weighted by Crippen LogP contribution is -2.19. The van der Waals surface area contributed by atoms with Gasteiger partial charge in [-0.3, -0.25) is 4.79 Å². The summed E-state index contributed by atoms with van der Waals surface area (Å²) < 4.78 is 64.9. The SMILES string of the molecule is O=Cc1ncc(OC(F)(F)F)c(CCl)c1C(F)F. The smallest absolute Gasteiger partial charge is 0.404 e. The van der Waals surface area contributed by atoms with Crippen molar-refractivity contribution in [1.29, 1.82) is 0 Å². The summed E-state index contributed by atoms with van der Waals surface area (Å²) in [5.41, 5.74) is -2.24. The molecule has 0 aliphatic heterocycles. The molecule has 0 radical (unpaired) electrons. The number of alkyl halides is 6. The number of ether oxygens (including phenoxy) is 1. The Labute approximate surface area is 103 Å². The highest BCUT2D eigenvalue weighted by Crippen LogP contribution is 2.34. The molecular weight excluding hydrogens is 285 g/mol. The Morgan fingerprint density at radius 2 is 2.06 bits per heavy atom. The number of hydrogen-bond acceptors (Lipinski definition) is 3. The number of nitrogens with zero attached hydrogens (tertiary/aromatic N) is 1. The van der Waals surface area contributed by atoms with E-state index in [0.717, 1.165) is 0 Å². The van der Waals surface area contributed by atoms with E-state index in [1.54, 1.807) is 0 Å². The topological polar surface area (TPSA) is 39.2 Å². The van der Waals surface area contributed by atoms with Gasteiger partial charge in [0, 0.05) is 5.56 Å². The van der Waals surface area contributed by atoms with Crippen LogP contribution in [-0.2, 0) is 5.88 Å². The number of carbonyl (C=O) groups is 1. The Hall–Kier alpha value is -1.44. The number of halogens is 6. The van der Waals surface area contributed by atoms with E-state index in [1.807, 2.05) is 0 Å². The number of pyridine rings is 1. The molecule has 1 heterocycles. The quantitative estimate of drug-likeness (QED) is 0.484. The van der Waals surface area contributed by atoms with Crippen LogP contribution in [0.25, 0.3) is 0 Å². The van der Waals surface area contributed by atoms with Crippen LogP contribution in [0.3, 0.4) is 0 Å². The van der Waals surface area contributed by atoms with Crippen LogP contribution in [0.15, 0.2) is 6.20 Å². The van der Waals surface area contributed by atoms with Gasteiger partial charge in [-0.25, -0.2) is 13.8 Å². The van der Waals surface area contributed by atoms with E-state index < -0.39 is 41.2 Å². The molecule has 0 aliphatic carbocycles. The first-order valence-electron chi connectivity index (χ1n) is 4.37. The Balaban J connectivity index is 3.38. The van der Waals surface area contributed by atoms with Gasteiger partial charge in [-0.05, 0) is 0 Å². The van der Waals surface area contributed by atoms with Gasteiger partial charge in [0.05, 0.1) is 17.6 Å². The molecule has 1 aromatic rings. The maximum atomic E-state index is 12.7. The minimum atomic E-state index is -5.06. The van der Waals surface area contributed by atoms with Gasteiger partial charge in [0.15, 0.2) is 12.0 Å². The molecule has 100 valence electrons. The predicted octanol–water partition coefficient (Wildman–Crippen LogP) is 3.47. The van der Waals surface area contributed by atoms with Crippen molar-refractivity contribution in [2.24, 2.45) is 0 Å². The number of rotatable bonds is 4. The van der Waals surface area contributed by atoms with Crippen LogP contribution in [0.1, 0.15) is 28.0 Å². The van der Waals surface area contributed by atoms with Crippen LogP contribution >= 0.6 is 11.6 Å². The number of aromatic nitrogens is 1. The molecule has 3 nitrogen and oxygen atoms in total.